The van der Waals surface area contributed by atoms with Crippen LogP contribution in [0.25, 0.3) is 10.8 Å². The quantitative estimate of drug-likeness (QED) is 0.767. The van der Waals surface area contributed by atoms with Crippen molar-refractivity contribution in [1.29, 1.82) is 0 Å². The lowest BCUT2D eigenvalue weighted by atomic mass is 10.0. The first-order valence-electron chi connectivity index (χ1n) is 6.07. The monoisotopic (exact) mass is 252 g/mol. The number of rotatable bonds is 1. The second kappa shape index (κ2) is 3.89. The van der Waals surface area contributed by atoms with Crippen LogP contribution in [-0.4, -0.2) is 16.6 Å². The Morgan fingerprint density at radius 2 is 2.00 bits per heavy atom. The van der Waals surface area contributed by atoms with Crippen molar-refractivity contribution in [2.75, 3.05) is 6.54 Å². The second-order valence-electron chi connectivity index (χ2n) is 4.59. The molecule has 0 N–H and O–H groups in total. The minimum atomic E-state index is 0.280. The summed E-state index contributed by atoms with van der Waals surface area (Å²) in [4.78, 5) is 7.00. The number of aliphatic imine (C=N–C) groups is 1. The van der Waals surface area contributed by atoms with Crippen LogP contribution in [0.1, 0.15) is 11.6 Å². The molecule has 0 amide bonds. The van der Waals surface area contributed by atoms with E-state index in [1.165, 1.54) is 16.3 Å². The first-order valence-corrected chi connectivity index (χ1v) is 6.94. The molecular formula is C15H12N2S. The molecule has 3 heteroatoms. The minimum absolute atomic E-state index is 0.280. The van der Waals surface area contributed by atoms with E-state index < -0.39 is 0 Å². The third-order valence-electron chi connectivity index (χ3n) is 3.45. The van der Waals surface area contributed by atoms with Crippen LogP contribution in [0.2, 0.25) is 0 Å². The Morgan fingerprint density at radius 1 is 1.11 bits per heavy atom. The smallest absolute Gasteiger partial charge is 0.168 e. The first-order chi connectivity index (χ1) is 8.90. The largest absolute Gasteiger partial charge is 0.325 e. The Kier molecular flexibility index (Phi) is 2.20. The molecule has 0 bridgehead atoms. The molecule has 0 aliphatic carbocycles. The highest BCUT2D eigenvalue weighted by Crippen LogP contribution is 2.33. The van der Waals surface area contributed by atoms with Crippen molar-refractivity contribution >= 4 is 27.7 Å². The van der Waals surface area contributed by atoms with Gasteiger partial charge < -0.3 is 4.90 Å². The lowest BCUT2D eigenvalue weighted by Crippen LogP contribution is -2.15. The van der Waals surface area contributed by atoms with Gasteiger partial charge in [0.05, 0.1) is 12.6 Å². The Bertz CT molecular complexity index is 675. The number of hydrogen-bond donors (Lipinski definition) is 0. The fourth-order valence-corrected chi connectivity index (χ4v) is 3.28. The predicted octanol–water partition coefficient (Wildman–Crippen LogP) is 3.77. The van der Waals surface area contributed by atoms with Gasteiger partial charge in [-0.25, -0.2) is 0 Å². The van der Waals surface area contributed by atoms with Crippen LogP contribution in [0.15, 0.2) is 59.1 Å². The molecule has 18 heavy (non-hydrogen) atoms. The zero-order valence-corrected chi connectivity index (χ0v) is 10.6. The highest BCUT2D eigenvalue weighted by atomic mass is 32.2. The van der Waals surface area contributed by atoms with Gasteiger partial charge in [0, 0.05) is 6.20 Å². The number of nitrogens with zero attached hydrogens (tertiary/aromatic N) is 2. The zero-order valence-electron chi connectivity index (χ0n) is 9.78. The minimum Gasteiger partial charge on any atom is -0.325 e. The lowest BCUT2D eigenvalue weighted by Gasteiger charge is -2.11. The fraction of sp³-hybridized carbons (Fsp3) is 0.133. The molecule has 0 saturated carbocycles. The number of hydrogen-bond acceptors (Lipinski definition) is 3. The van der Waals surface area contributed by atoms with Gasteiger partial charge in [-0.1, -0.05) is 48.2 Å². The molecule has 2 aliphatic rings. The number of amidine groups is 1. The van der Waals surface area contributed by atoms with Crippen molar-refractivity contribution in [2.45, 2.75) is 6.04 Å². The van der Waals surface area contributed by atoms with Crippen LogP contribution in [0, 0.1) is 0 Å². The van der Waals surface area contributed by atoms with Crippen LogP contribution in [-0.2, 0) is 0 Å². The van der Waals surface area contributed by atoms with Crippen molar-refractivity contribution in [2.24, 2.45) is 4.99 Å². The predicted molar refractivity (Wildman–Crippen MR) is 77.6 cm³/mol. The Labute approximate surface area is 110 Å². The highest BCUT2D eigenvalue weighted by molar-refractivity contribution is 8.16. The Hall–Kier alpha value is -1.74. The van der Waals surface area contributed by atoms with Gasteiger partial charge in [-0.3, -0.25) is 4.99 Å². The van der Waals surface area contributed by atoms with Crippen LogP contribution in [0.5, 0.6) is 0 Å². The molecule has 1 unspecified atom stereocenters. The maximum atomic E-state index is 4.77. The summed E-state index contributed by atoms with van der Waals surface area (Å²) < 4.78 is 0. The molecule has 0 aromatic heterocycles. The van der Waals surface area contributed by atoms with E-state index in [1.807, 2.05) is 0 Å². The van der Waals surface area contributed by atoms with Crippen LogP contribution in [0.4, 0.5) is 0 Å². The molecule has 2 heterocycles. The zero-order chi connectivity index (χ0) is 11.9. The number of fused-ring (bicyclic) bond motifs is 2. The topological polar surface area (TPSA) is 15.6 Å². The number of benzene rings is 2. The van der Waals surface area contributed by atoms with Crippen molar-refractivity contribution in [1.82, 2.24) is 4.90 Å². The van der Waals surface area contributed by atoms with E-state index in [-0.39, 0.29) is 6.04 Å². The van der Waals surface area contributed by atoms with Gasteiger partial charge in [0.2, 0.25) is 0 Å². The molecule has 0 spiro atoms. The van der Waals surface area contributed by atoms with Gasteiger partial charge >= 0.3 is 0 Å². The first kappa shape index (κ1) is 10.2. The number of thioether (sulfide) groups is 1. The Morgan fingerprint density at radius 3 is 2.89 bits per heavy atom. The summed E-state index contributed by atoms with van der Waals surface area (Å²) in [5, 5.41) is 5.82. The maximum Gasteiger partial charge on any atom is 0.168 e. The molecule has 4 rings (SSSR count). The van der Waals surface area contributed by atoms with Crippen molar-refractivity contribution in [3.05, 3.63) is 59.6 Å². The summed E-state index contributed by atoms with van der Waals surface area (Å²) >= 11 is 1.71. The maximum absolute atomic E-state index is 4.77. The van der Waals surface area contributed by atoms with Gasteiger partial charge in [-0.2, -0.15) is 0 Å². The van der Waals surface area contributed by atoms with Crippen molar-refractivity contribution in [3.63, 3.8) is 0 Å². The highest BCUT2D eigenvalue weighted by Gasteiger charge is 2.27. The van der Waals surface area contributed by atoms with E-state index in [2.05, 4.69) is 59.0 Å². The van der Waals surface area contributed by atoms with E-state index in [0.29, 0.717) is 0 Å². The molecule has 1 atom stereocenters. The normalized spacial score (nSPS) is 21.4. The third-order valence-corrected chi connectivity index (χ3v) is 4.26. The van der Waals surface area contributed by atoms with E-state index >= 15 is 0 Å². The molecular weight excluding hydrogens is 240 g/mol. The van der Waals surface area contributed by atoms with Crippen LogP contribution in [0.3, 0.4) is 0 Å². The summed E-state index contributed by atoms with van der Waals surface area (Å²) in [5.41, 5.74) is 1.31. The van der Waals surface area contributed by atoms with E-state index in [4.69, 9.17) is 4.99 Å². The molecule has 2 nitrogen and oxygen atoms in total. The summed E-state index contributed by atoms with van der Waals surface area (Å²) in [7, 11) is 0. The summed E-state index contributed by atoms with van der Waals surface area (Å²) in [5.74, 6) is 0. The van der Waals surface area contributed by atoms with E-state index in [9.17, 15) is 0 Å². The van der Waals surface area contributed by atoms with Crippen molar-refractivity contribution < 1.29 is 0 Å². The average molecular weight is 252 g/mol. The molecule has 2 aromatic carbocycles. The van der Waals surface area contributed by atoms with Crippen LogP contribution >= 0.6 is 11.8 Å². The second-order valence-corrected chi connectivity index (χ2v) is 5.46. The van der Waals surface area contributed by atoms with E-state index in [0.717, 1.165) is 11.7 Å². The van der Waals surface area contributed by atoms with Gasteiger partial charge in [0.15, 0.2) is 5.17 Å². The van der Waals surface area contributed by atoms with Gasteiger partial charge in [0.1, 0.15) is 0 Å². The SMILES string of the molecule is C1=CN2CC(c3ccc4ccccc4c3)N=C2S1. The summed E-state index contributed by atoms with van der Waals surface area (Å²) in [6.07, 6.45) is 2.12. The molecule has 88 valence electrons. The molecule has 0 saturated heterocycles. The molecule has 0 fully saturated rings. The molecule has 2 aromatic rings. The van der Waals surface area contributed by atoms with E-state index in [1.54, 1.807) is 11.8 Å². The van der Waals surface area contributed by atoms with Crippen molar-refractivity contribution in [3.8, 4) is 0 Å². The van der Waals surface area contributed by atoms with Gasteiger partial charge in [0.25, 0.3) is 0 Å². The van der Waals surface area contributed by atoms with Crippen LogP contribution < -0.4 is 0 Å². The molecule has 2 aliphatic heterocycles. The van der Waals surface area contributed by atoms with Gasteiger partial charge in [-0.15, -0.1) is 0 Å². The Balaban J connectivity index is 1.73. The average Bonchev–Trinajstić information content (AvgIpc) is 2.99. The summed E-state index contributed by atoms with van der Waals surface area (Å²) in [6, 6.07) is 15.4. The summed E-state index contributed by atoms with van der Waals surface area (Å²) in [6.45, 7) is 0.969. The lowest BCUT2D eigenvalue weighted by molar-refractivity contribution is 0.558. The molecule has 0 radical (unpaired) electrons. The fourth-order valence-electron chi connectivity index (χ4n) is 2.50. The van der Waals surface area contributed by atoms with Gasteiger partial charge in [-0.05, 0) is 27.8 Å². The standard InChI is InChI=1S/C15H12N2S/c1-2-4-12-9-13(6-5-11(12)3-1)14-10-17-7-8-18-15(17)16-14/h1-9,14H,10H2. The third kappa shape index (κ3) is 1.55.